The maximum atomic E-state index is 6.47. The fraction of sp³-hybridized carbons (Fsp3) is 0.238. The van der Waals surface area contributed by atoms with E-state index in [-0.39, 0.29) is 0 Å². The third-order valence-corrected chi connectivity index (χ3v) is 5.40. The Balaban J connectivity index is 1.67. The van der Waals surface area contributed by atoms with Gasteiger partial charge in [-0.2, -0.15) is 0 Å². The Morgan fingerprint density at radius 2 is 1.74 bits per heavy atom. The molecule has 0 unspecified atom stereocenters. The number of hydrogen-bond acceptors (Lipinski definition) is 4. The summed E-state index contributed by atoms with van der Waals surface area (Å²) in [7, 11) is 0. The molecule has 0 bridgehead atoms. The van der Waals surface area contributed by atoms with Gasteiger partial charge in [-0.05, 0) is 47.7 Å². The van der Waals surface area contributed by atoms with Gasteiger partial charge in [0.05, 0.1) is 6.61 Å². The van der Waals surface area contributed by atoms with Gasteiger partial charge in [-0.15, -0.1) is 11.3 Å². The van der Waals surface area contributed by atoms with Crippen LogP contribution < -0.4 is 14.8 Å². The van der Waals surface area contributed by atoms with Gasteiger partial charge in [0.1, 0.15) is 6.61 Å². The van der Waals surface area contributed by atoms with Gasteiger partial charge in [-0.3, -0.25) is 0 Å². The maximum Gasteiger partial charge on any atom is 0.163 e. The van der Waals surface area contributed by atoms with Crippen molar-refractivity contribution in [2.75, 3.05) is 6.61 Å². The second-order valence-corrected chi connectivity index (χ2v) is 7.80. The first kappa shape index (κ1) is 20.0. The van der Waals surface area contributed by atoms with Crippen molar-refractivity contribution in [3.05, 3.63) is 80.0 Å². The molecule has 0 amide bonds. The first-order chi connectivity index (χ1) is 13.2. The zero-order valence-corrected chi connectivity index (χ0v) is 17.3. The Morgan fingerprint density at radius 3 is 2.44 bits per heavy atom. The molecule has 0 spiro atoms. The van der Waals surface area contributed by atoms with Crippen molar-refractivity contribution in [1.82, 2.24) is 5.32 Å². The van der Waals surface area contributed by atoms with E-state index in [0.717, 1.165) is 17.7 Å². The van der Waals surface area contributed by atoms with Crippen LogP contribution in [0.1, 0.15) is 22.9 Å². The highest BCUT2D eigenvalue weighted by atomic mass is 35.5. The molecule has 3 nitrogen and oxygen atoms in total. The minimum absolute atomic E-state index is 0.420. The second kappa shape index (κ2) is 10.00. The summed E-state index contributed by atoms with van der Waals surface area (Å²) in [5.74, 6) is 1.34. The SMILES string of the molecule is CCOc1cc(CNCc2cccs2)c(Cl)cc1OCc1ccc(Cl)cc1. The van der Waals surface area contributed by atoms with Gasteiger partial charge < -0.3 is 14.8 Å². The van der Waals surface area contributed by atoms with Crippen molar-refractivity contribution in [1.29, 1.82) is 0 Å². The fourth-order valence-corrected chi connectivity index (χ4v) is 3.59. The van der Waals surface area contributed by atoms with Gasteiger partial charge in [-0.25, -0.2) is 0 Å². The molecule has 2 aromatic carbocycles. The Labute approximate surface area is 173 Å². The van der Waals surface area contributed by atoms with Crippen LogP contribution in [0.15, 0.2) is 53.9 Å². The van der Waals surface area contributed by atoms with E-state index in [0.29, 0.717) is 41.3 Å². The predicted molar refractivity (Wildman–Crippen MR) is 113 cm³/mol. The highest BCUT2D eigenvalue weighted by molar-refractivity contribution is 7.09. The van der Waals surface area contributed by atoms with E-state index >= 15 is 0 Å². The van der Waals surface area contributed by atoms with Gasteiger partial charge in [-0.1, -0.05) is 41.4 Å². The number of nitrogens with one attached hydrogen (secondary N) is 1. The van der Waals surface area contributed by atoms with E-state index in [4.69, 9.17) is 32.7 Å². The number of benzene rings is 2. The molecule has 0 saturated heterocycles. The van der Waals surface area contributed by atoms with E-state index in [1.807, 2.05) is 43.3 Å². The topological polar surface area (TPSA) is 30.5 Å². The molecule has 142 valence electrons. The van der Waals surface area contributed by atoms with Crippen molar-refractivity contribution in [3.63, 3.8) is 0 Å². The lowest BCUT2D eigenvalue weighted by Gasteiger charge is -2.15. The van der Waals surface area contributed by atoms with Crippen LogP contribution >= 0.6 is 34.5 Å². The number of thiophene rings is 1. The van der Waals surface area contributed by atoms with Crippen LogP contribution in [0.3, 0.4) is 0 Å². The van der Waals surface area contributed by atoms with Crippen LogP contribution in [0.2, 0.25) is 10.0 Å². The molecule has 0 aliphatic heterocycles. The Kier molecular flexibility index (Phi) is 7.41. The minimum Gasteiger partial charge on any atom is -0.490 e. The predicted octanol–water partition coefficient (Wildman–Crippen LogP) is 6.32. The molecule has 1 N–H and O–H groups in total. The van der Waals surface area contributed by atoms with Gasteiger partial charge >= 0.3 is 0 Å². The molecule has 0 saturated carbocycles. The second-order valence-electron chi connectivity index (χ2n) is 5.92. The summed E-state index contributed by atoms with van der Waals surface area (Å²) in [5, 5.41) is 6.85. The van der Waals surface area contributed by atoms with E-state index in [1.54, 1.807) is 11.3 Å². The molecule has 0 aliphatic carbocycles. The lowest BCUT2D eigenvalue weighted by molar-refractivity contribution is 0.269. The molecule has 1 aromatic heterocycles. The lowest BCUT2D eigenvalue weighted by atomic mass is 10.2. The zero-order valence-electron chi connectivity index (χ0n) is 15.0. The van der Waals surface area contributed by atoms with Crippen molar-refractivity contribution in [2.24, 2.45) is 0 Å². The Morgan fingerprint density at radius 1 is 0.963 bits per heavy atom. The van der Waals surface area contributed by atoms with Crippen LogP contribution in [-0.4, -0.2) is 6.61 Å². The summed E-state index contributed by atoms with van der Waals surface area (Å²) in [6.07, 6.45) is 0. The number of halogens is 2. The molecule has 0 radical (unpaired) electrons. The molecule has 0 atom stereocenters. The van der Waals surface area contributed by atoms with Crippen molar-refractivity contribution in [2.45, 2.75) is 26.6 Å². The van der Waals surface area contributed by atoms with Crippen LogP contribution in [0.4, 0.5) is 0 Å². The molecule has 0 fully saturated rings. The van der Waals surface area contributed by atoms with Crippen molar-refractivity contribution < 1.29 is 9.47 Å². The summed E-state index contributed by atoms with van der Waals surface area (Å²) in [5.41, 5.74) is 2.01. The largest absolute Gasteiger partial charge is 0.490 e. The van der Waals surface area contributed by atoms with Gasteiger partial charge in [0.2, 0.25) is 0 Å². The smallest absolute Gasteiger partial charge is 0.163 e. The number of rotatable bonds is 9. The summed E-state index contributed by atoms with van der Waals surface area (Å²) in [6, 6.07) is 15.5. The average Bonchev–Trinajstić information content (AvgIpc) is 3.18. The quantitative estimate of drug-likeness (QED) is 0.438. The molecule has 6 heteroatoms. The highest BCUT2D eigenvalue weighted by Gasteiger charge is 2.12. The Hall–Kier alpha value is -1.72. The molecule has 27 heavy (non-hydrogen) atoms. The molecular formula is C21H21Cl2NO2S. The zero-order chi connectivity index (χ0) is 19.1. The van der Waals surface area contributed by atoms with Gasteiger partial charge in [0, 0.05) is 34.1 Å². The minimum atomic E-state index is 0.420. The third kappa shape index (κ3) is 5.88. The van der Waals surface area contributed by atoms with Crippen LogP contribution in [-0.2, 0) is 19.7 Å². The number of ether oxygens (including phenoxy) is 2. The standard InChI is InChI=1S/C21H21Cl2NO2S/c1-2-25-20-10-16(12-24-13-18-4-3-9-27-18)19(23)11-21(20)26-14-15-5-7-17(22)8-6-15/h3-11,24H,2,12-14H2,1H3. The molecule has 3 aromatic rings. The molecule has 1 heterocycles. The Bertz CT molecular complexity index is 851. The maximum absolute atomic E-state index is 6.47. The summed E-state index contributed by atoms with van der Waals surface area (Å²) in [6.45, 7) is 4.40. The first-order valence-electron chi connectivity index (χ1n) is 8.71. The normalized spacial score (nSPS) is 10.8. The fourth-order valence-electron chi connectivity index (χ4n) is 2.57. The van der Waals surface area contributed by atoms with E-state index in [2.05, 4.69) is 22.8 Å². The lowest BCUT2D eigenvalue weighted by Crippen LogP contribution is -2.12. The monoisotopic (exact) mass is 421 g/mol. The molecular weight excluding hydrogens is 401 g/mol. The summed E-state index contributed by atoms with van der Waals surface area (Å²) >= 11 is 14.1. The van der Waals surface area contributed by atoms with Crippen molar-refractivity contribution >= 4 is 34.5 Å². The molecule has 0 aliphatic rings. The van der Waals surface area contributed by atoms with Gasteiger partial charge in [0.15, 0.2) is 11.5 Å². The van der Waals surface area contributed by atoms with Gasteiger partial charge in [0.25, 0.3) is 0 Å². The highest BCUT2D eigenvalue weighted by Crippen LogP contribution is 2.34. The van der Waals surface area contributed by atoms with E-state index < -0.39 is 0 Å². The molecule has 3 rings (SSSR count). The van der Waals surface area contributed by atoms with Crippen LogP contribution in [0.25, 0.3) is 0 Å². The average molecular weight is 422 g/mol. The van der Waals surface area contributed by atoms with E-state index in [9.17, 15) is 0 Å². The van der Waals surface area contributed by atoms with Crippen molar-refractivity contribution in [3.8, 4) is 11.5 Å². The van der Waals surface area contributed by atoms with Crippen LogP contribution in [0.5, 0.6) is 11.5 Å². The van der Waals surface area contributed by atoms with Crippen LogP contribution in [0, 0.1) is 0 Å². The first-order valence-corrected chi connectivity index (χ1v) is 10.3. The summed E-state index contributed by atoms with van der Waals surface area (Å²) in [4.78, 5) is 1.29. The number of hydrogen-bond donors (Lipinski definition) is 1. The summed E-state index contributed by atoms with van der Waals surface area (Å²) < 4.78 is 11.7. The van der Waals surface area contributed by atoms with E-state index in [1.165, 1.54) is 4.88 Å². The third-order valence-electron chi connectivity index (χ3n) is 3.91.